The predicted octanol–water partition coefficient (Wildman–Crippen LogP) is 5.87. The number of rotatable bonds is 12. The van der Waals surface area contributed by atoms with Crippen LogP contribution in [0.2, 0.25) is 0 Å². The fourth-order valence-electron chi connectivity index (χ4n) is 6.96. The van der Waals surface area contributed by atoms with E-state index >= 15 is 0 Å². The van der Waals surface area contributed by atoms with E-state index in [9.17, 15) is 0 Å². The van der Waals surface area contributed by atoms with Crippen LogP contribution in [-0.4, -0.2) is 99.0 Å². The standard InChI is InChI=1S/C45H51N3O3Se3/c1-28-34(22-52-37-19-13-10-16-31(37)40-46-43(4,5)25-49-40)29(2)36(24-54-39-21-15-12-18-33(39)42-48-45(8,9)27-51-42)30(3)35(28)23-53-38-20-14-11-17-32(38)41-47-44(6,7)26-50-41/h10-21H,22-27H2,1-9H3. The Balaban J connectivity index is 1.23. The Morgan fingerprint density at radius 1 is 0.444 bits per heavy atom. The molecule has 3 heterocycles. The minimum atomic E-state index is -0.191. The molecule has 0 spiro atoms. The second kappa shape index (κ2) is 15.8. The van der Waals surface area contributed by atoms with Gasteiger partial charge < -0.3 is 0 Å². The maximum absolute atomic E-state index is 6.14. The van der Waals surface area contributed by atoms with E-state index in [0.29, 0.717) is 19.8 Å². The van der Waals surface area contributed by atoms with Gasteiger partial charge >= 0.3 is 343 Å². The molecule has 9 heteroatoms. The van der Waals surface area contributed by atoms with E-state index < -0.39 is 0 Å². The van der Waals surface area contributed by atoms with Gasteiger partial charge in [-0.25, -0.2) is 0 Å². The topological polar surface area (TPSA) is 64.8 Å². The van der Waals surface area contributed by atoms with Gasteiger partial charge in [0.1, 0.15) is 0 Å². The third-order valence-corrected chi connectivity index (χ3v) is 17.0. The van der Waals surface area contributed by atoms with Crippen LogP contribution < -0.4 is 13.4 Å². The van der Waals surface area contributed by atoms with Crippen molar-refractivity contribution in [3.05, 3.63) is 123 Å². The molecule has 0 fully saturated rings. The molecule has 3 aliphatic heterocycles. The van der Waals surface area contributed by atoms with Crippen molar-refractivity contribution in [2.24, 2.45) is 15.0 Å². The normalized spacial score (nSPS) is 18.1. The average Bonchev–Trinajstić information content (AvgIpc) is 3.82. The van der Waals surface area contributed by atoms with Gasteiger partial charge in [-0.15, -0.1) is 0 Å². The number of hydrogen-bond donors (Lipinski definition) is 0. The molecule has 54 heavy (non-hydrogen) atoms. The number of nitrogens with zero attached hydrogens (tertiary/aromatic N) is 3. The van der Waals surface area contributed by atoms with Gasteiger partial charge in [0.05, 0.1) is 0 Å². The van der Waals surface area contributed by atoms with Crippen molar-refractivity contribution in [1.82, 2.24) is 0 Å². The second-order valence-corrected chi connectivity index (χ2v) is 22.6. The van der Waals surface area contributed by atoms with Crippen molar-refractivity contribution in [3.63, 3.8) is 0 Å². The zero-order chi connectivity index (χ0) is 38.3. The van der Waals surface area contributed by atoms with Crippen LogP contribution in [0.5, 0.6) is 0 Å². The quantitative estimate of drug-likeness (QED) is 0.167. The molecule has 3 aliphatic rings. The van der Waals surface area contributed by atoms with E-state index in [4.69, 9.17) is 29.2 Å². The Morgan fingerprint density at radius 3 is 0.944 bits per heavy atom. The summed E-state index contributed by atoms with van der Waals surface area (Å²) in [5.74, 6) is 2.37. The van der Waals surface area contributed by atoms with Crippen molar-refractivity contribution in [2.45, 2.75) is 94.9 Å². The Kier molecular flexibility index (Phi) is 11.4. The summed E-state index contributed by atoms with van der Waals surface area (Å²) < 4.78 is 22.5. The van der Waals surface area contributed by atoms with E-state index in [1.54, 1.807) is 0 Å². The molecule has 0 saturated heterocycles. The summed E-state index contributed by atoms with van der Waals surface area (Å²) >= 11 is 0.582. The molecule has 0 radical (unpaired) electrons. The van der Waals surface area contributed by atoms with Crippen molar-refractivity contribution < 1.29 is 14.2 Å². The van der Waals surface area contributed by atoms with Crippen molar-refractivity contribution >= 4 is 75.9 Å². The van der Waals surface area contributed by atoms with Crippen LogP contribution in [-0.2, 0) is 30.2 Å². The van der Waals surface area contributed by atoms with Gasteiger partial charge in [0.15, 0.2) is 0 Å². The summed E-state index contributed by atoms with van der Waals surface area (Å²) in [5.41, 5.74) is 11.7. The van der Waals surface area contributed by atoms with Gasteiger partial charge in [-0.2, -0.15) is 0 Å². The molecule has 0 N–H and O–H groups in total. The second-order valence-electron chi connectivity index (χ2n) is 16.2. The fourth-order valence-corrected chi connectivity index (χ4v) is 14.6. The van der Waals surface area contributed by atoms with Gasteiger partial charge in [0, 0.05) is 0 Å². The molecule has 0 unspecified atom stereocenters. The molecule has 0 saturated carbocycles. The summed E-state index contributed by atoms with van der Waals surface area (Å²) in [6, 6.07) is 26.2. The molecule has 7 rings (SSSR count). The van der Waals surface area contributed by atoms with E-state index in [0.717, 1.165) is 50.3 Å². The summed E-state index contributed by atoms with van der Waals surface area (Å²) in [6.45, 7) is 21.8. The first kappa shape index (κ1) is 39.1. The van der Waals surface area contributed by atoms with Crippen LogP contribution in [0.3, 0.4) is 0 Å². The van der Waals surface area contributed by atoms with E-state index in [2.05, 4.69) is 135 Å². The van der Waals surface area contributed by atoms with Crippen molar-refractivity contribution in [1.29, 1.82) is 0 Å². The molecular formula is C45H51N3O3Se3. The van der Waals surface area contributed by atoms with Crippen LogP contribution in [0.4, 0.5) is 0 Å². The van der Waals surface area contributed by atoms with Gasteiger partial charge in [-0.05, 0) is 0 Å². The van der Waals surface area contributed by atoms with Gasteiger partial charge in [-0.3, -0.25) is 0 Å². The molecular weight excluding hydrogens is 867 g/mol. The summed E-state index contributed by atoms with van der Waals surface area (Å²) in [4.78, 5) is 14.8. The first-order chi connectivity index (χ1) is 25.7. The number of aliphatic imine (C=N–C) groups is 3. The van der Waals surface area contributed by atoms with Gasteiger partial charge in [0.2, 0.25) is 0 Å². The molecule has 282 valence electrons. The fraction of sp³-hybridized carbons (Fsp3) is 0.400. The molecule has 0 atom stereocenters. The van der Waals surface area contributed by atoms with Crippen LogP contribution in [0.25, 0.3) is 0 Å². The van der Waals surface area contributed by atoms with Crippen LogP contribution in [0.15, 0.2) is 87.8 Å². The van der Waals surface area contributed by atoms with Crippen molar-refractivity contribution in [2.75, 3.05) is 19.8 Å². The number of hydrogen-bond acceptors (Lipinski definition) is 6. The SMILES string of the molecule is Cc1c(C[Se]c2ccccc2C2=NC(C)(C)CO2)c(C)c(C[Se]c2ccccc2C2=NC(C)(C)CO2)c(C)c1C[Se]c1ccccc1C1=NC(C)(C)CO1. The Bertz CT molecular complexity index is 1910. The Hall–Kier alpha value is -3.15. The molecule has 0 aromatic heterocycles. The number of benzene rings is 4. The molecule has 4 aromatic rings. The maximum atomic E-state index is 6.14. The third kappa shape index (κ3) is 8.63. The summed E-state index contributed by atoms with van der Waals surface area (Å²) in [6.07, 6.45) is 0. The molecule has 4 aromatic carbocycles. The molecule has 6 nitrogen and oxygen atoms in total. The van der Waals surface area contributed by atoms with Crippen LogP contribution >= 0.6 is 0 Å². The summed E-state index contributed by atoms with van der Waals surface area (Å²) in [7, 11) is 0. The minimum absolute atomic E-state index is 0.191. The zero-order valence-corrected chi connectivity index (χ0v) is 38.1. The van der Waals surface area contributed by atoms with Crippen LogP contribution in [0, 0.1) is 20.8 Å². The summed E-state index contributed by atoms with van der Waals surface area (Å²) in [5, 5.41) is 3.06. The Labute approximate surface area is 340 Å². The molecule has 0 amide bonds. The third-order valence-electron chi connectivity index (χ3n) is 10.1. The molecule has 0 bridgehead atoms. The number of ether oxygens (including phenoxy) is 3. The van der Waals surface area contributed by atoms with E-state index in [-0.39, 0.29) is 61.5 Å². The van der Waals surface area contributed by atoms with Crippen LogP contribution in [0.1, 0.15) is 91.6 Å². The van der Waals surface area contributed by atoms with E-state index in [1.807, 2.05) is 0 Å². The first-order valence-corrected chi connectivity index (χ1v) is 24.9. The monoisotopic (exact) mass is 921 g/mol. The Morgan fingerprint density at radius 2 is 0.704 bits per heavy atom. The van der Waals surface area contributed by atoms with Gasteiger partial charge in [0.25, 0.3) is 0 Å². The zero-order valence-electron chi connectivity index (χ0n) is 33.0. The first-order valence-electron chi connectivity index (χ1n) is 18.7. The van der Waals surface area contributed by atoms with Crippen molar-refractivity contribution in [3.8, 4) is 0 Å². The average molecular weight is 919 g/mol. The predicted molar refractivity (Wildman–Crippen MR) is 227 cm³/mol. The molecule has 0 aliphatic carbocycles. The van der Waals surface area contributed by atoms with Gasteiger partial charge in [-0.1, -0.05) is 0 Å². The van der Waals surface area contributed by atoms with E-state index in [1.165, 1.54) is 46.8 Å².